The Bertz CT molecular complexity index is 1000. The van der Waals surface area contributed by atoms with Gasteiger partial charge in [-0.15, -0.1) is 0 Å². The Labute approximate surface area is 142 Å². The van der Waals surface area contributed by atoms with Crippen LogP contribution in [0.25, 0.3) is 10.8 Å². The highest BCUT2D eigenvalue weighted by atomic mass is 19.1. The third kappa shape index (κ3) is 3.41. The number of aromatic nitrogens is 2. The molecule has 6 nitrogen and oxygen atoms in total. The van der Waals surface area contributed by atoms with Crippen molar-refractivity contribution >= 4 is 16.7 Å². The van der Waals surface area contributed by atoms with Gasteiger partial charge in [0, 0.05) is 19.0 Å². The standard InChI is InChI=1S/C18H16FN3O3/c1-22-18(25)14-8-3-2-7-13(14)16(21-22)17(24)20-10-15(23)11-5-4-6-12(19)9-11/h2-9,15,23H,10H2,1H3,(H,20,24). The topological polar surface area (TPSA) is 84.2 Å². The second kappa shape index (κ2) is 6.82. The van der Waals surface area contributed by atoms with Gasteiger partial charge in [-0.05, 0) is 23.8 Å². The number of halogens is 1. The van der Waals surface area contributed by atoms with Crippen molar-refractivity contribution in [1.82, 2.24) is 15.1 Å². The van der Waals surface area contributed by atoms with E-state index in [1.54, 1.807) is 30.3 Å². The molecule has 1 amide bonds. The van der Waals surface area contributed by atoms with Crippen molar-refractivity contribution in [2.75, 3.05) is 6.54 Å². The second-order valence-corrected chi connectivity index (χ2v) is 5.60. The van der Waals surface area contributed by atoms with Gasteiger partial charge in [0.15, 0.2) is 5.69 Å². The smallest absolute Gasteiger partial charge is 0.274 e. The van der Waals surface area contributed by atoms with E-state index in [1.807, 2.05) is 0 Å². The molecule has 3 rings (SSSR count). The average Bonchev–Trinajstić information content (AvgIpc) is 2.62. The van der Waals surface area contributed by atoms with Crippen molar-refractivity contribution in [3.63, 3.8) is 0 Å². The Morgan fingerprint density at radius 3 is 2.68 bits per heavy atom. The van der Waals surface area contributed by atoms with Crippen LogP contribution in [-0.2, 0) is 7.05 Å². The summed E-state index contributed by atoms with van der Waals surface area (Å²) in [5.74, 6) is -0.990. The van der Waals surface area contributed by atoms with Crippen LogP contribution in [0.15, 0.2) is 53.3 Å². The highest BCUT2D eigenvalue weighted by molar-refractivity contribution is 6.04. The molecule has 3 aromatic rings. The Hall–Kier alpha value is -3.06. The van der Waals surface area contributed by atoms with Gasteiger partial charge in [-0.2, -0.15) is 5.10 Å². The van der Waals surface area contributed by atoms with E-state index in [4.69, 9.17) is 0 Å². The van der Waals surface area contributed by atoms with Gasteiger partial charge in [0.2, 0.25) is 0 Å². The summed E-state index contributed by atoms with van der Waals surface area (Å²) >= 11 is 0. The third-order valence-electron chi connectivity index (χ3n) is 3.86. The molecule has 1 aromatic heterocycles. The first-order valence-corrected chi connectivity index (χ1v) is 7.65. The predicted octanol–water partition coefficient (Wildman–Crippen LogP) is 1.54. The number of nitrogens with one attached hydrogen (secondary N) is 1. The number of aliphatic hydroxyl groups excluding tert-OH is 1. The number of hydrogen-bond donors (Lipinski definition) is 2. The lowest BCUT2D eigenvalue weighted by Gasteiger charge is -2.13. The first kappa shape index (κ1) is 16.8. The van der Waals surface area contributed by atoms with Gasteiger partial charge >= 0.3 is 0 Å². The summed E-state index contributed by atoms with van der Waals surface area (Å²) in [6.45, 7) is -0.110. The van der Waals surface area contributed by atoms with Crippen LogP contribution < -0.4 is 10.9 Å². The highest BCUT2D eigenvalue weighted by Gasteiger charge is 2.17. The van der Waals surface area contributed by atoms with Crippen LogP contribution in [0.1, 0.15) is 22.2 Å². The fraction of sp³-hybridized carbons (Fsp3) is 0.167. The number of fused-ring (bicyclic) bond motifs is 1. The number of hydrogen-bond acceptors (Lipinski definition) is 4. The van der Waals surface area contributed by atoms with E-state index < -0.39 is 17.8 Å². The summed E-state index contributed by atoms with van der Waals surface area (Å²) in [7, 11) is 1.47. The zero-order valence-corrected chi connectivity index (χ0v) is 13.4. The van der Waals surface area contributed by atoms with E-state index in [9.17, 15) is 19.1 Å². The number of carbonyl (C=O) groups excluding carboxylic acids is 1. The molecular weight excluding hydrogens is 325 g/mol. The summed E-state index contributed by atoms with van der Waals surface area (Å²) in [4.78, 5) is 24.5. The molecule has 0 bridgehead atoms. The molecule has 0 aliphatic rings. The van der Waals surface area contributed by atoms with Gasteiger partial charge in [0.25, 0.3) is 11.5 Å². The summed E-state index contributed by atoms with van der Waals surface area (Å²) in [6.07, 6.45) is -1.06. The van der Waals surface area contributed by atoms with Crippen LogP contribution in [0, 0.1) is 5.82 Å². The molecule has 1 unspecified atom stereocenters. The van der Waals surface area contributed by atoms with E-state index in [2.05, 4.69) is 10.4 Å². The SMILES string of the molecule is Cn1nc(C(=O)NCC(O)c2cccc(F)c2)c2ccccc2c1=O. The van der Waals surface area contributed by atoms with E-state index in [0.717, 1.165) is 4.68 Å². The third-order valence-corrected chi connectivity index (χ3v) is 3.86. The van der Waals surface area contributed by atoms with E-state index >= 15 is 0 Å². The molecule has 25 heavy (non-hydrogen) atoms. The zero-order chi connectivity index (χ0) is 18.0. The first-order chi connectivity index (χ1) is 12.0. The van der Waals surface area contributed by atoms with Gasteiger partial charge in [0.05, 0.1) is 11.5 Å². The van der Waals surface area contributed by atoms with Gasteiger partial charge in [-0.25, -0.2) is 9.07 Å². The largest absolute Gasteiger partial charge is 0.387 e. The number of amides is 1. The van der Waals surface area contributed by atoms with Crippen molar-refractivity contribution < 1.29 is 14.3 Å². The molecular formula is C18H16FN3O3. The molecule has 0 fully saturated rings. The lowest BCUT2D eigenvalue weighted by Crippen LogP contribution is -2.32. The minimum Gasteiger partial charge on any atom is -0.387 e. The van der Waals surface area contributed by atoms with Gasteiger partial charge in [0.1, 0.15) is 5.82 Å². The number of aliphatic hydroxyl groups is 1. The molecule has 0 saturated heterocycles. The lowest BCUT2D eigenvalue weighted by molar-refractivity contribution is 0.0911. The Morgan fingerprint density at radius 2 is 1.96 bits per heavy atom. The normalized spacial score (nSPS) is 12.1. The van der Waals surface area contributed by atoms with Crippen LogP contribution in [0.5, 0.6) is 0 Å². The Morgan fingerprint density at radius 1 is 1.24 bits per heavy atom. The van der Waals surface area contributed by atoms with Crippen molar-refractivity contribution in [2.45, 2.75) is 6.10 Å². The molecule has 0 saturated carbocycles. The lowest BCUT2D eigenvalue weighted by atomic mass is 10.1. The molecule has 2 aromatic carbocycles. The first-order valence-electron chi connectivity index (χ1n) is 7.65. The van der Waals surface area contributed by atoms with Crippen LogP contribution in [0.4, 0.5) is 4.39 Å². The Balaban J connectivity index is 1.83. The summed E-state index contributed by atoms with van der Waals surface area (Å²) in [6, 6.07) is 12.2. The second-order valence-electron chi connectivity index (χ2n) is 5.60. The average molecular weight is 341 g/mol. The quantitative estimate of drug-likeness (QED) is 0.754. The monoisotopic (exact) mass is 341 g/mol. The maximum absolute atomic E-state index is 13.2. The van der Waals surface area contributed by atoms with Gasteiger partial charge in [-0.3, -0.25) is 9.59 Å². The molecule has 0 aliphatic carbocycles. The number of benzene rings is 2. The molecule has 1 heterocycles. The summed E-state index contributed by atoms with van der Waals surface area (Å²) < 4.78 is 14.3. The zero-order valence-electron chi connectivity index (χ0n) is 13.4. The van der Waals surface area contributed by atoms with E-state index in [-0.39, 0.29) is 17.8 Å². The van der Waals surface area contributed by atoms with Gasteiger partial charge < -0.3 is 10.4 Å². The van der Waals surface area contributed by atoms with Crippen LogP contribution in [-0.4, -0.2) is 27.3 Å². The molecule has 7 heteroatoms. The number of aryl methyl sites for hydroxylation is 1. The maximum Gasteiger partial charge on any atom is 0.274 e. The van der Waals surface area contributed by atoms with Crippen molar-refractivity contribution in [3.05, 3.63) is 76.0 Å². The fourth-order valence-electron chi connectivity index (χ4n) is 2.57. The van der Waals surface area contributed by atoms with Crippen LogP contribution in [0.3, 0.4) is 0 Å². The van der Waals surface area contributed by atoms with Crippen molar-refractivity contribution in [3.8, 4) is 0 Å². The van der Waals surface area contributed by atoms with Crippen LogP contribution >= 0.6 is 0 Å². The maximum atomic E-state index is 13.2. The minimum absolute atomic E-state index is 0.0872. The van der Waals surface area contributed by atoms with Crippen molar-refractivity contribution in [2.24, 2.45) is 7.05 Å². The molecule has 128 valence electrons. The summed E-state index contributed by atoms with van der Waals surface area (Å²) in [5, 5.41) is 17.5. The Kier molecular flexibility index (Phi) is 4.58. The summed E-state index contributed by atoms with van der Waals surface area (Å²) in [5.41, 5.74) is 0.148. The fourth-order valence-corrected chi connectivity index (χ4v) is 2.57. The molecule has 0 radical (unpaired) electrons. The number of rotatable bonds is 4. The van der Waals surface area contributed by atoms with Crippen LogP contribution in [0.2, 0.25) is 0 Å². The molecule has 1 atom stereocenters. The predicted molar refractivity (Wildman–Crippen MR) is 90.7 cm³/mol. The van der Waals surface area contributed by atoms with Gasteiger partial charge in [-0.1, -0.05) is 30.3 Å². The highest BCUT2D eigenvalue weighted by Crippen LogP contribution is 2.15. The molecule has 0 aliphatic heterocycles. The molecule has 0 spiro atoms. The minimum atomic E-state index is -1.06. The van der Waals surface area contributed by atoms with Crippen molar-refractivity contribution in [1.29, 1.82) is 0 Å². The van der Waals surface area contributed by atoms with E-state index in [0.29, 0.717) is 16.3 Å². The van der Waals surface area contributed by atoms with E-state index in [1.165, 1.54) is 25.2 Å². The number of nitrogens with zero attached hydrogens (tertiary/aromatic N) is 2. The number of carbonyl (C=O) groups is 1. The molecule has 2 N–H and O–H groups in total.